The van der Waals surface area contributed by atoms with Crippen molar-refractivity contribution in [2.75, 3.05) is 5.32 Å². The number of amides is 1. The number of nitro benzene ring substituents is 1. The first kappa shape index (κ1) is 16.9. The number of carbonyl (C=O) groups excluding carboxylic acids is 2. The highest BCUT2D eigenvalue weighted by molar-refractivity contribution is 5.97. The summed E-state index contributed by atoms with van der Waals surface area (Å²) in [5, 5.41) is 25.1. The number of nitrogens with zero attached hydrogens (tertiary/aromatic N) is 1. The maximum absolute atomic E-state index is 12.7. The lowest BCUT2D eigenvalue weighted by molar-refractivity contribution is -0.384. The number of hydrogen-bond acceptors (Lipinski definition) is 5. The summed E-state index contributed by atoms with van der Waals surface area (Å²) < 4.78 is 0. The Morgan fingerprint density at radius 3 is 2.32 bits per heavy atom. The van der Waals surface area contributed by atoms with Gasteiger partial charge < -0.3 is 15.2 Å². The summed E-state index contributed by atoms with van der Waals surface area (Å²) in [7, 11) is 0. The van der Waals surface area contributed by atoms with Crippen molar-refractivity contribution in [2.24, 2.45) is 23.7 Å². The van der Waals surface area contributed by atoms with Crippen LogP contribution >= 0.6 is 0 Å². The number of rotatable bonds is 4. The number of carboxylic acids is 1. The van der Waals surface area contributed by atoms with Crippen molar-refractivity contribution in [2.45, 2.75) is 13.8 Å². The molecule has 7 nitrogen and oxygen atoms in total. The van der Waals surface area contributed by atoms with Gasteiger partial charge >= 0.3 is 0 Å². The highest BCUT2D eigenvalue weighted by Gasteiger charge is 2.52. The van der Waals surface area contributed by atoms with Crippen molar-refractivity contribution < 1.29 is 19.6 Å². The standard InChI is InChI=1S/C18H18N2O5/c1-9(2)14-12-6-7-13(14)16(18(22)23)15(12)17(21)19-10-4-3-5-11(8-10)20(24)25/h3-8,12-13,15-16H,1-2H3,(H,19,21)(H,22,23)/p-1/t12-,13+,15-,16+/m1/s1. The Labute approximate surface area is 144 Å². The number of benzene rings is 1. The lowest BCUT2D eigenvalue weighted by atomic mass is 9.82. The van der Waals surface area contributed by atoms with E-state index in [0.717, 1.165) is 11.1 Å². The Hall–Kier alpha value is -2.96. The van der Waals surface area contributed by atoms with E-state index in [0.29, 0.717) is 0 Å². The van der Waals surface area contributed by atoms with Crippen LogP contribution in [0, 0.1) is 33.8 Å². The van der Waals surface area contributed by atoms with Gasteiger partial charge in [-0.15, -0.1) is 0 Å². The van der Waals surface area contributed by atoms with Crippen LogP contribution in [0.2, 0.25) is 0 Å². The molecule has 7 heteroatoms. The van der Waals surface area contributed by atoms with E-state index in [4.69, 9.17) is 0 Å². The first-order valence-electron chi connectivity index (χ1n) is 7.93. The molecule has 1 saturated carbocycles. The zero-order valence-corrected chi connectivity index (χ0v) is 13.8. The molecule has 0 spiro atoms. The molecule has 2 aliphatic rings. The molecule has 1 aromatic carbocycles. The minimum absolute atomic E-state index is 0.146. The normalized spacial score (nSPS) is 26.6. The van der Waals surface area contributed by atoms with Gasteiger partial charge in [-0.1, -0.05) is 29.4 Å². The molecule has 1 N–H and O–H groups in total. The molecular weight excluding hydrogens is 324 g/mol. The van der Waals surface area contributed by atoms with Crippen molar-refractivity contribution in [1.82, 2.24) is 0 Å². The molecule has 0 aliphatic heterocycles. The van der Waals surface area contributed by atoms with Gasteiger partial charge in [0.15, 0.2) is 0 Å². The monoisotopic (exact) mass is 341 g/mol. The van der Waals surface area contributed by atoms with Gasteiger partial charge in [0.2, 0.25) is 5.91 Å². The van der Waals surface area contributed by atoms with Crippen molar-refractivity contribution >= 4 is 23.3 Å². The Morgan fingerprint density at radius 1 is 1.12 bits per heavy atom. The first-order chi connectivity index (χ1) is 11.8. The van der Waals surface area contributed by atoms with E-state index >= 15 is 0 Å². The Bertz CT molecular complexity index is 823. The van der Waals surface area contributed by atoms with E-state index in [1.54, 1.807) is 0 Å². The molecule has 3 rings (SSSR count). The van der Waals surface area contributed by atoms with Crippen LogP contribution in [0.4, 0.5) is 11.4 Å². The average Bonchev–Trinajstić information content (AvgIpc) is 3.11. The van der Waals surface area contributed by atoms with Crippen LogP contribution in [0.15, 0.2) is 47.6 Å². The van der Waals surface area contributed by atoms with E-state index in [-0.39, 0.29) is 23.2 Å². The number of non-ortho nitro benzene ring substituents is 1. The smallest absolute Gasteiger partial charge is 0.271 e. The zero-order chi connectivity index (χ0) is 18.3. The number of anilines is 1. The van der Waals surface area contributed by atoms with Gasteiger partial charge in [0, 0.05) is 41.5 Å². The molecule has 0 saturated heterocycles. The van der Waals surface area contributed by atoms with Gasteiger partial charge in [-0.25, -0.2) is 0 Å². The summed E-state index contributed by atoms with van der Waals surface area (Å²) in [6.07, 6.45) is 3.69. The molecular formula is C18H17N2O5-. The third kappa shape index (κ3) is 2.82. The van der Waals surface area contributed by atoms with E-state index in [1.807, 2.05) is 26.0 Å². The third-order valence-electron chi connectivity index (χ3n) is 4.88. The lowest BCUT2D eigenvalue weighted by Gasteiger charge is -2.27. The second kappa shape index (κ2) is 6.16. The van der Waals surface area contributed by atoms with Crippen molar-refractivity contribution in [3.8, 4) is 0 Å². The van der Waals surface area contributed by atoms with Crippen LogP contribution in [-0.4, -0.2) is 16.8 Å². The number of fused-ring (bicyclic) bond motifs is 2. The summed E-state index contributed by atoms with van der Waals surface area (Å²) in [6, 6.07) is 5.56. The summed E-state index contributed by atoms with van der Waals surface area (Å²) in [6.45, 7) is 3.80. The number of aliphatic carboxylic acids is 1. The summed E-state index contributed by atoms with van der Waals surface area (Å²) in [5.74, 6) is -4.06. The molecule has 0 unspecified atom stereocenters. The van der Waals surface area contributed by atoms with Gasteiger partial charge in [0.1, 0.15) is 0 Å². The molecule has 4 atom stereocenters. The molecule has 2 bridgehead atoms. The topological polar surface area (TPSA) is 112 Å². The van der Waals surface area contributed by atoms with E-state index < -0.39 is 28.6 Å². The summed E-state index contributed by atoms with van der Waals surface area (Å²) in [5.41, 5.74) is 2.07. The molecule has 25 heavy (non-hydrogen) atoms. The number of carbonyl (C=O) groups is 2. The van der Waals surface area contributed by atoms with Crippen LogP contribution in [0.25, 0.3) is 0 Å². The van der Waals surface area contributed by atoms with E-state index in [9.17, 15) is 24.8 Å². The highest BCUT2D eigenvalue weighted by Crippen LogP contribution is 2.53. The Morgan fingerprint density at radius 2 is 1.76 bits per heavy atom. The molecule has 0 radical (unpaired) electrons. The van der Waals surface area contributed by atoms with Gasteiger partial charge in [-0.3, -0.25) is 14.9 Å². The van der Waals surface area contributed by atoms with Crippen LogP contribution in [0.5, 0.6) is 0 Å². The van der Waals surface area contributed by atoms with E-state index in [1.165, 1.54) is 24.3 Å². The van der Waals surface area contributed by atoms with Crippen molar-refractivity contribution in [3.63, 3.8) is 0 Å². The van der Waals surface area contributed by atoms with Gasteiger partial charge in [-0.05, 0) is 19.9 Å². The van der Waals surface area contributed by atoms with Crippen molar-refractivity contribution in [1.29, 1.82) is 0 Å². The lowest BCUT2D eigenvalue weighted by Crippen LogP contribution is -2.42. The van der Waals surface area contributed by atoms with Crippen LogP contribution in [0.3, 0.4) is 0 Å². The summed E-state index contributed by atoms with van der Waals surface area (Å²) >= 11 is 0. The van der Waals surface area contributed by atoms with Gasteiger partial charge in [0.05, 0.1) is 10.8 Å². The Balaban J connectivity index is 1.90. The van der Waals surface area contributed by atoms with Gasteiger partial charge in [0.25, 0.3) is 5.69 Å². The summed E-state index contributed by atoms with van der Waals surface area (Å²) in [4.78, 5) is 34.7. The van der Waals surface area contributed by atoms with Gasteiger partial charge in [-0.2, -0.15) is 0 Å². The average molecular weight is 341 g/mol. The molecule has 1 amide bonds. The SMILES string of the molecule is CC(C)=C1[C@H]2C=C[C@@H]1[C@H](C(=O)[O-])[C@@H]2C(=O)Nc1cccc([N+](=O)[O-])c1. The maximum Gasteiger partial charge on any atom is 0.271 e. The number of carboxylic acid groups (broad SMARTS) is 1. The zero-order valence-electron chi connectivity index (χ0n) is 13.8. The number of nitro groups is 1. The molecule has 1 aromatic rings. The minimum atomic E-state index is -1.25. The van der Waals surface area contributed by atoms with Crippen LogP contribution in [-0.2, 0) is 9.59 Å². The molecule has 130 valence electrons. The quantitative estimate of drug-likeness (QED) is 0.508. The maximum atomic E-state index is 12.7. The molecule has 0 aromatic heterocycles. The fourth-order valence-corrected chi connectivity index (χ4v) is 3.95. The van der Waals surface area contributed by atoms with Crippen LogP contribution in [0.1, 0.15) is 13.8 Å². The number of allylic oxidation sites excluding steroid dienone is 4. The Kier molecular flexibility index (Phi) is 4.16. The number of nitrogens with one attached hydrogen (secondary N) is 1. The number of hydrogen-bond donors (Lipinski definition) is 1. The second-order valence-electron chi connectivity index (χ2n) is 6.56. The van der Waals surface area contributed by atoms with Crippen molar-refractivity contribution in [3.05, 3.63) is 57.7 Å². The first-order valence-corrected chi connectivity index (χ1v) is 7.93. The largest absolute Gasteiger partial charge is 0.550 e. The fraction of sp³-hybridized carbons (Fsp3) is 0.333. The predicted octanol–water partition coefficient (Wildman–Crippen LogP) is 1.67. The molecule has 2 aliphatic carbocycles. The highest BCUT2D eigenvalue weighted by atomic mass is 16.6. The van der Waals surface area contributed by atoms with E-state index in [2.05, 4.69) is 5.32 Å². The third-order valence-corrected chi connectivity index (χ3v) is 4.88. The second-order valence-corrected chi connectivity index (χ2v) is 6.56. The predicted molar refractivity (Wildman–Crippen MR) is 88.2 cm³/mol. The van der Waals surface area contributed by atoms with Crippen LogP contribution < -0.4 is 10.4 Å². The fourth-order valence-electron chi connectivity index (χ4n) is 3.95. The minimum Gasteiger partial charge on any atom is -0.550 e. The molecule has 0 heterocycles. The molecule has 1 fully saturated rings.